The first-order valence-corrected chi connectivity index (χ1v) is 10.3. The molecule has 136 valence electrons. The molecular weight excluding hydrogens is 278 g/mol. The van der Waals surface area contributed by atoms with Crippen LogP contribution >= 0.6 is 0 Å². The van der Waals surface area contributed by atoms with Crippen molar-refractivity contribution >= 4 is 0 Å². The van der Waals surface area contributed by atoms with Gasteiger partial charge in [0.15, 0.2) is 0 Å². The lowest BCUT2D eigenvalue weighted by Crippen LogP contribution is -2.39. The first kappa shape index (κ1) is 19.3. The van der Waals surface area contributed by atoms with Crippen molar-refractivity contribution in [3.63, 3.8) is 0 Å². The molecule has 0 radical (unpaired) electrons. The Morgan fingerprint density at radius 2 is 1.13 bits per heavy atom. The smallest absolute Gasteiger partial charge is 0.00300 e. The van der Waals surface area contributed by atoms with Crippen molar-refractivity contribution in [1.29, 1.82) is 0 Å². The summed E-state index contributed by atoms with van der Waals surface area (Å²) in [6, 6.07) is 0. The third-order valence-corrected chi connectivity index (χ3v) is 5.94. The Morgan fingerprint density at radius 3 is 1.61 bits per heavy atom. The van der Waals surface area contributed by atoms with Gasteiger partial charge in [-0.05, 0) is 67.4 Å². The standard InChI is InChI=1S/C22H43N/c1-21(2,3)16-20-9-7-18(8-10-20)15-19-11-13-23(14-12-19)17-22(4,5)6/h18-20H,7-17H2,1-6H3. The summed E-state index contributed by atoms with van der Waals surface area (Å²) in [5, 5.41) is 0. The van der Waals surface area contributed by atoms with Crippen molar-refractivity contribution in [3.8, 4) is 0 Å². The Morgan fingerprint density at radius 1 is 0.652 bits per heavy atom. The van der Waals surface area contributed by atoms with E-state index in [1.165, 1.54) is 71.0 Å². The number of rotatable bonds is 4. The van der Waals surface area contributed by atoms with Gasteiger partial charge in [-0.25, -0.2) is 0 Å². The van der Waals surface area contributed by atoms with E-state index in [2.05, 4.69) is 46.4 Å². The van der Waals surface area contributed by atoms with Crippen LogP contribution in [-0.2, 0) is 0 Å². The van der Waals surface area contributed by atoms with Crippen molar-refractivity contribution < 1.29 is 0 Å². The monoisotopic (exact) mass is 321 g/mol. The molecule has 0 amide bonds. The van der Waals surface area contributed by atoms with Crippen molar-refractivity contribution in [2.24, 2.45) is 28.6 Å². The second kappa shape index (κ2) is 7.89. The molecule has 2 rings (SSSR count). The van der Waals surface area contributed by atoms with Gasteiger partial charge in [0.25, 0.3) is 0 Å². The first-order chi connectivity index (χ1) is 10.6. The molecule has 0 unspecified atom stereocenters. The molecule has 0 aromatic carbocycles. The highest BCUT2D eigenvalue weighted by molar-refractivity contribution is 4.81. The fourth-order valence-electron chi connectivity index (χ4n) is 5.06. The van der Waals surface area contributed by atoms with Crippen LogP contribution in [-0.4, -0.2) is 24.5 Å². The van der Waals surface area contributed by atoms with E-state index in [-0.39, 0.29) is 0 Å². The average Bonchev–Trinajstić information content (AvgIpc) is 2.40. The number of likely N-dealkylation sites (tertiary alicyclic amines) is 1. The van der Waals surface area contributed by atoms with E-state index < -0.39 is 0 Å². The quantitative estimate of drug-likeness (QED) is 0.581. The summed E-state index contributed by atoms with van der Waals surface area (Å²) in [5.41, 5.74) is 0.982. The van der Waals surface area contributed by atoms with Crippen molar-refractivity contribution in [2.45, 2.75) is 92.9 Å². The molecule has 1 saturated heterocycles. The van der Waals surface area contributed by atoms with Gasteiger partial charge >= 0.3 is 0 Å². The average molecular weight is 322 g/mol. The van der Waals surface area contributed by atoms with Crippen LogP contribution in [0, 0.1) is 28.6 Å². The summed E-state index contributed by atoms with van der Waals surface area (Å²) >= 11 is 0. The zero-order valence-corrected chi connectivity index (χ0v) is 17.0. The molecule has 0 N–H and O–H groups in total. The fourth-order valence-corrected chi connectivity index (χ4v) is 5.06. The Kier molecular flexibility index (Phi) is 6.62. The second-order valence-corrected chi connectivity index (χ2v) is 11.2. The van der Waals surface area contributed by atoms with E-state index in [0.29, 0.717) is 10.8 Å². The summed E-state index contributed by atoms with van der Waals surface area (Å²) < 4.78 is 0. The van der Waals surface area contributed by atoms with Crippen LogP contribution < -0.4 is 0 Å². The van der Waals surface area contributed by atoms with Gasteiger partial charge in [0.2, 0.25) is 0 Å². The lowest BCUT2D eigenvalue weighted by molar-refractivity contribution is 0.116. The molecule has 1 heterocycles. The van der Waals surface area contributed by atoms with Crippen LogP contribution in [0.25, 0.3) is 0 Å². The first-order valence-electron chi connectivity index (χ1n) is 10.3. The zero-order chi connectivity index (χ0) is 17.1. The lowest BCUT2D eigenvalue weighted by Gasteiger charge is -2.38. The molecule has 0 atom stereocenters. The van der Waals surface area contributed by atoms with Crippen LogP contribution in [0.5, 0.6) is 0 Å². The largest absolute Gasteiger partial charge is 0.303 e. The summed E-state index contributed by atoms with van der Waals surface area (Å²) in [6.45, 7) is 18.3. The topological polar surface area (TPSA) is 3.24 Å². The Bertz CT molecular complexity index is 296. The fraction of sp³-hybridized carbons (Fsp3) is 1.00. The van der Waals surface area contributed by atoms with Gasteiger partial charge in [-0.15, -0.1) is 0 Å². The van der Waals surface area contributed by atoms with Crippen LogP contribution in [0.2, 0.25) is 0 Å². The van der Waals surface area contributed by atoms with Gasteiger partial charge in [-0.1, -0.05) is 67.2 Å². The van der Waals surface area contributed by atoms with E-state index in [1.807, 2.05) is 0 Å². The molecule has 1 heteroatoms. The highest BCUT2D eigenvalue weighted by atomic mass is 15.1. The van der Waals surface area contributed by atoms with Gasteiger partial charge in [-0.2, -0.15) is 0 Å². The predicted molar refractivity (Wildman–Crippen MR) is 103 cm³/mol. The normalized spacial score (nSPS) is 29.0. The van der Waals surface area contributed by atoms with Gasteiger partial charge in [0.05, 0.1) is 0 Å². The van der Waals surface area contributed by atoms with Crippen molar-refractivity contribution in [3.05, 3.63) is 0 Å². The molecule has 0 aromatic rings. The predicted octanol–water partition coefficient (Wildman–Crippen LogP) is 6.38. The summed E-state index contributed by atoms with van der Waals surface area (Å²) in [7, 11) is 0. The minimum absolute atomic E-state index is 0.457. The molecule has 1 nitrogen and oxygen atoms in total. The van der Waals surface area contributed by atoms with E-state index in [4.69, 9.17) is 0 Å². The molecular formula is C22H43N. The number of hydrogen-bond donors (Lipinski definition) is 0. The maximum atomic E-state index is 2.71. The van der Waals surface area contributed by atoms with E-state index in [1.54, 1.807) is 0 Å². The summed E-state index contributed by atoms with van der Waals surface area (Å²) in [5.74, 6) is 3.08. The number of piperidine rings is 1. The molecule has 0 bridgehead atoms. The van der Waals surface area contributed by atoms with Gasteiger partial charge < -0.3 is 4.90 Å². The minimum atomic E-state index is 0.457. The lowest BCUT2D eigenvalue weighted by atomic mass is 9.72. The molecule has 23 heavy (non-hydrogen) atoms. The van der Waals surface area contributed by atoms with E-state index in [9.17, 15) is 0 Å². The van der Waals surface area contributed by atoms with Gasteiger partial charge in [-0.3, -0.25) is 0 Å². The molecule has 0 spiro atoms. The zero-order valence-electron chi connectivity index (χ0n) is 17.0. The van der Waals surface area contributed by atoms with Crippen molar-refractivity contribution in [2.75, 3.05) is 19.6 Å². The maximum Gasteiger partial charge on any atom is 0.00300 e. The molecule has 2 fully saturated rings. The minimum Gasteiger partial charge on any atom is -0.303 e. The molecule has 1 aliphatic carbocycles. The number of nitrogens with zero attached hydrogens (tertiary/aromatic N) is 1. The Balaban J connectivity index is 1.64. The molecule has 1 saturated carbocycles. The third kappa shape index (κ3) is 7.59. The molecule has 2 aliphatic rings. The molecule has 0 aromatic heterocycles. The summed E-state index contributed by atoms with van der Waals surface area (Å²) in [4.78, 5) is 2.71. The summed E-state index contributed by atoms with van der Waals surface area (Å²) in [6.07, 6.45) is 11.9. The SMILES string of the molecule is CC(C)(C)CC1CCC(CC2CCN(CC(C)(C)C)CC2)CC1. The Hall–Kier alpha value is -0.0400. The third-order valence-electron chi connectivity index (χ3n) is 5.94. The molecule has 1 aliphatic heterocycles. The second-order valence-electron chi connectivity index (χ2n) is 11.2. The van der Waals surface area contributed by atoms with E-state index >= 15 is 0 Å². The van der Waals surface area contributed by atoms with Crippen molar-refractivity contribution in [1.82, 2.24) is 4.90 Å². The Labute approximate surface area is 146 Å². The van der Waals surface area contributed by atoms with Crippen LogP contribution in [0.3, 0.4) is 0 Å². The van der Waals surface area contributed by atoms with Crippen LogP contribution in [0.15, 0.2) is 0 Å². The van der Waals surface area contributed by atoms with Crippen LogP contribution in [0.4, 0.5) is 0 Å². The van der Waals surface area contributed by atoms with E-state index in [0.717, 1.165) is 17.8 Å². The van der Waals surface area contributed by atoms with Gasteiger partial charge in [0.1, 0.15) is 0 Å². The highest BCUT2D eigenvalue weighted by Crippen LogP contribution is 2.39. The number of hydrogen-bond acceptors (Lipinski definition) is 1. The highest BCUT2D eigenvalue weighted by Gasteiger charge is 2.28. The van der Waals surface area contributed by atoms with Gasteiger partial charge in [0, 0.05) is 6.54 Å². The van der Waals surface area contributed by atoms with Crippen LogP contribution in [0.1, 0.15) is 92.9 Å². The maximum absolute atomic E-state index is 2.71.